The molecule has 0 spiro atoms. The summed E-state index contributed by atoms with van der Waals surface area (Å²) in [5, 5.41) is 21.5. The molecule has 8 nitrogen and oxygen atoms in total. The Balaban J connectivity index is 2.13. The highest BCUT2D eigenvalue weighted by molar-refractivity contribution is 5.97. The highest BCUT2D eigenvalue weighted by Gasteiger charge is 2.38. The van der Waals surface area contributed by atoms with Gasteiger partial charge in [0.15, 0.2) is 0 Å². The van der Waals surface area contributed by atoms with Gasteiger partial charge < -0.3 is 28.8 Å². The molecule has 1 aromatic heterocycles. The highest BCUT2D eigenvalue weighted by Crippen LogP contribution is 2.46. The summed E-state index contributed by atoms with van der Waals surface area (Å²) in [6.07, 6.45) is -2.80. The summed E-state index contributed by atoms with van der Waals surface area (Å²) in [5.74, 6) is -0.762. The summed E-state index contributed by atoms with van der Waals surface area (Å²) in [6, 6.07) is 4.57. The van der Waals surface area contributed by atoms with Crippen molar-refractivity contribution in [3.8, 4) is 11.5 Å². The van der Waals surface area contributed by atoms with Crippen molar-refractivity contribution in [2.75, 3.05) is 13.7 Å². The van der Waals surface area contributed by atoms with Gasteiger partial charge in [-0.2, -0.15) is 0 Å². The Morgan fingerprint density at radius 3 is 2.47 bits per heavy atom. The predicted octanol–water partition coefficient (Wildman–Crippen LogP) is 4.77. The van der Waals surface area contributed by atoms with Gasteiger partial charge in [-0.05, 0) is 50.1 Å². The lowest BCUT2D eigenvalue weighted by Gasteiger charge is -2.34. The fraction of sp³-hybridized carbons (Fsp3) is 0.357. The summed E-state index contributed by atoms with van der Waals surface area (Å²) >= 11 is 0. The lowest BCUT2D eigenvalue weighted by molar-refractivity contribution is -0.150. The molecule has 0 aliphatic carbocycles. The van der Waals surface area contributed by atoms with Gasteiger partial charge in [-0.15, -0.1) is 0 Å². The number of aliphatic hydroxyl groups is 1. The zero-order chi connectivity index (χ0) is 26.5. The van der Waals surface area contributed by atoms with E-state index in [1.807, 2.05) is 0 Å². The number of benzene rings is 2. The van der Waals surface area contributed by atoms with E-state index in [9.17, 15) is 19.8 Å². The van der Waals surface area contributed by atoms with Crippen molar-refractivity contribution in [2.45, 2.75) is 46.0 Å². The zero-order valence-electron chi connectivity index (χ0n) is 21.0. The van der Waals surface area contributed by atoms with Crippen LogP contribution in [0.1, 0.15) is 49.7 Å². The standard InChI is InChI=1S/C28H30O8/c1-12(2)17-11-34-25-14(5)10-19-21(22(25)27(17)35-15(6)29)24(32)20-18(30)9-8-16(26(20)36-19)28(33-7)23(31)13(3)4/h8-10,17,23,27-28,30-31H,1,3,11H2,2,4-7H3/t17-,23+,27-,28-/m1/s1. The fourth-order valence-corrected chi connectivity index (χ4v) is 4.81. The van der Waals surface area contributed by atoms with Gasteiger partial charge in [0.2, 0.25) is 5.43 Å². The Bertz CT molecular complexity index is 1460. The summed E-state index contributed by atoms with van der Waals surface area (Å²) in [5.41, 5.74) is 2.41. The van der Waals surface area contributed by atoms with E-state index in [0.29, 0.717) is 28.0 Å². The van der Waals surface area contributed by atoms with Crippen LogP contribution in [-0.2, 0) is 14.3 Å². The molecule has 4 rings (SSSR count). The number of carbonyl (C=O) groups is 1. The van der Waals surface area contributed by atoms with E-state index < -0.39 is 29.7 Å². The van der Waals surface area contributed by atoms with Crippen LogP contribution >= 0.6 is 0 Å². The first-order chi connectivity index (χ1) is 17.0. The number of methoxy groups -OCH3 is 1. The molecule has 4 atom stereocenters. The van der Waals surface area contributed by atoms with Crippen LogP contribution in [0.4, 0.5) is 0 Å². The maximum absolute atomic E-state index is 14.0. The fourth-order valence-electron chi connectivity index (χ4n) is 4.81. The lowest BCUT2D eigenvalue weighted by Crippen LogP contribution is -2.31. The van der Waals surface area contributed by atoms with Gasteiger partial charge in [-0.3, -0.25) is 9.59 Å². The van der Waals surface area contributed by atoms with Crippen molar-refractivity contribution in [1.29, 1.82) is 0 Å². The molecule has 190 valence electrons. The van der Waals surface area contributed by atoms with Crippen LogP contribution < -0.4 is 10.2 Å². The van der Waals surface area contributed by atoms with Crippen molar-refractivity contribution < 1.29 is 33.6 Å². The topological polar surface area (TPSA) is 115 Å². The van der Waals surface area contributed by atoms with Gasteiger partial charge in [-0.1, -0.05) is 18.7 Å². The first kappa shape index (κ1) is 25.5. The number of phenols is 1. The van der Waals surface area contributed by atoms with Crippen LogP contribution in [0.3, 0.4) is 0 Å². The number of aliphatic hydroxyl groups excluding tert-OH is 1. The number of ether oxygens (including phenoxy) is 3. The Hall–Kier alpha value is -3.62. The molecule has 3 aromatic rings. The zero-order valence-corrected chi connectivity index (χ0v) is 21.0. The molecule has 0 fully saturated rings. The third kappa shape index (κ3) is 4.06. The van der Waals surface area contributed by atoms with Crippen LogP contribution in [0.25, 0.3) is 21.9 Å². The van der Waals surface area contributed by atoms with Gasteiger partial charge >= 0.3 is 5.97 Å². The van der Waals surface area contributed by atoms with Gasteiger partial charge in [0.25, 0.3) is 0 Å². The van der Waals surface area contributed by atoms with Gasteiger partial charge in [0.05, 0.1) is 23.5 Å². The van der Waals surface area contributed by atoms with Gasteiger partial charge in [-0.25, -0.2) is 0 Å². The summed E-state index contributed by atoms with van der Waals surface area (Å²) in [6.45, 7) is 14.6. The van der Waals surface area contributed by atoms with Crippen molar-refractivity contribution in [3.63, 3.8) is 0 Å². The van der Waals surface area contributed by atoms with E-state index in [2.05, 4.69) is 13.2 Å². The van der Waals surface area contributed by atoms with Crippen LogP contribution in [-0.4, -0.2) is 36.0 Å². The van der Waals surface area contributed by atoms with E-state index in [1.54, 1.807) is 32.9 Å². The molecule has 0 saturated heterocycles. The highest BCUT2D eigenvalue weighted by atomic mass is 16.6. The number of fused-ring (bicyclic) bond motifs is 4. The van der Waals surface area contributed by atoms with Crippen LogP contribution in [0, 0.1) is 12.8 Å². The molecule has 8 heteroatoms. The number of carbonyl (C=O) groups excluding carboxylic acids is 1. The number of aryl methyl sites for hydroxylation is 1. The molecule has 0 unspecified atom stereocenters. The van der Waals surface area contributed by atoms with Crippen LogP contribution in [0.5, 0.6) is 11.5 Å². The SMILES string of the molecule is C=C(C)[C@H]1COc2c(C)cc3oc4c([C@@H](OC)[C@@H](O)C(=C)C)ccc(O)c4c(=O)c3c2[C@@H]1OC(C)=O. The molecular formula is C28H30O8. The largest absolute Gasteiger partial charge is 0.507 e. The number of hydrogen-bond acceptors (Lipinski definition) is 8. The number of aromatic hydroxyl groups is 1. The Morgan fingerprint density at radius 2 is 1.89 bits per heavy atom. The lowest BCUT2D eigenvalue weighted by atomic mass is 9.85. The summed E-state index contributed by atoms with van der Waals surface area (Å²) in [7, 11) is 1.42. The number of esters is 1. The summed E-state index contributed by atoms with van der Waals surface area (Å²) < 4.78 is 23.5. The van der Waals surface area contributed by atoms with Gasteiger partial charge in [0.1, 0.15) is 46.4 Å². The van der Waals surface area contributed by atoms with Crippen LogP contribution in [0.15, 0.2) is 51.7 Å². The normalized spacial score (nSPS) is 18.8. The van der Waals surface area contributed by atoms with E-state index >= 15 is 0 Å². The average molecular weight is 495 g/mol. The van der Waals surface area contributed by atoms with Crippen molar-refractivity contribution in [2.24, 2.45) is 5.92 Å². The molecule has 0 saturated carbocycles. The van der Waals surface area contributed by atoms with Crippen molar-refractivity contribution >= 4 is 27.9 Å². The molecular weight excluding hydrogens is 464 g/mol. The minimum absolute atomic E-state index is 0.0798. The minimum atomic E-state index is -1.08. The molecule has 0 bridgehead atoms. The number of hydrogen-bond donors (Lipinski definition) is 2. The molecule has 2 heterocycles. The number of phenolic OH excluding ortho intramolecular Hbond substituents is 1. The van der Waals surface area contributed by atoms with E-state index in [-0.39, 0.29) is 40.2 Å². The van der Waals surface area contributed by atoms with Crippen molar-refractivity contribution in [1.82, 2.24) is 0 Å². The Kier molecular flexibility index (Phi) is 6.68. The third-order valence-corrected chi connectivity index (χ3v) is 6.63. The summed E-state index contributed by atoms with van der Waals surface area (Å²) in [4.78, 5) is 26.1. The average Bonchev–Trinajstić information content (AvgIpc) is 2.80. The first-order valence-corrected chi connectivity index (χ1v) is 11.5. The van der Waals surface area contributed by atoms with Crippen molar-refractivity contribution in [3.05, 3.63) is 69.4 Å². The Labute approximate surface area is 208 Å². The predicted molar refractivity (Wildman–Crippen MR) is 135 cm³/mol. The molecule has 1 aliphatic heterocycles. The van der Waals surface area contributed by atoms with Gasteiger partial charge in [0, 0.05) is 19.6 Å². The Morgan fingerprint density at radius 1 is 1.19 bits per heavy atom. The molecule has 36 heavy (non-hydrogen) atoms. The second-order valence-electron chi connectivity index (χ2n) is 9.36. The molecule has 1 aliphatic rings. The van der Waals surface area contributed by atoms with E-state index in [1.165, 1.54) is 20.1 Å². The maximum Gasteiger partial charge on any atom is 0.303 e. The number of rotatable bonds is 6. The van der Waals surface area contributed by atoms with Crippen LogP contribution in [0.2, 0.25) is 0 Å². The maximum atomic E-state index is 14.0. The quantitative estimate of drug-likeness (QED) is 0.286. The van der Waals surface area contributed by atoms with E-state index in [4.69, 9.17) is 18.6 Å². The molecule has 0 amide bonds. The monoisotopic (exact) mass is 494 g/mol. The molecule has 2 aromatic carbocycles. The molecule has 2 N–H and O–H groups in total. The smallest absolute Gasteiger partial charge is 0.303 e. The van der Waals surface area contributed by atoms with E-state index in [0.717, 1.165) is 5.57 Å². The second-order valence-corrected chi connectivity index (χ2v) is 9.36. The third-order valence-electron chi connectivity index (χ3n) is 6.63. The minimum Gasteiger partial charge on any atom is -0.507 e. The second kappa shape index (κ2) is 9.44. The molecule has 0 radical (unpaired) electrons. The first-order valence-electron chi connectivity index (χ1n) is 11.5.